The summed E-state index contributed by atoms with van der Waals surface area (Å²) in [6.45, 7) is 1.33. The van der Waals surface area contributed by atoms with Gasteiger partial charge in [-0.25, -0.2) is 4.68 Å². The van der Waals surface area contributed by atoms with Crippen LogP contribution in [0.15, 0.2) is 48.5 Å². The van der Waals surface area contributed by atoms with Crippen LogP contribution >= 0.6 is 34.8 Å². The number of hydrogen-bond acceptors (Lipinski definition) is 3. The van der Waals surface area contributed by atoms with Crippen LogP contribution in [0.25, 0.3) is 16.9 Å². The minimum atomic E-state index is -0.207. The van der Waals surface area contributed by atoms with Crippen LogP contribution in [0.5, 0.6) is 0 Å². The highest BCUT2D eigenvalue weighted by molar-refractivity contribution is 6.35. The van der Waals surface area contributed by atoms with E-state index >= 15 is 0 Å². The summed E-state index contributed by atoms with van der Waals surface area (Å²) in [7, 11) is 0. The number of nitrogens with one attached hydrogen (secondary N) is 2. The van der Waals surface area contributed by atoms with Gasteiger partial charge in [0.05, 0.1) is 16.4 Å². The lowest BCUT2D eigenvalue weighted by atomic mass is 9.54. The Labute approximate surface area is 226 Å². The first-order valence-corrected chi connectivity index (χ1v) is 13.9. The van der Waals surface area contributed by atoms with Gasteiger partial charge >= 0.3 is 0 Å². The second-order valence-corrected chi connectivity index (χ2v) is 11.9. The molecule has 0 atom stereocenters. The van der Waals surface area contributed by atoms with E-state index in [0.29, 0.717) is 39.0 Å². The molecule has 0 spiro atoms. The molecule has 4 saturated carbocycles. The summed E-state index contributed by atoms with van der Waals surface area (Å²) >= 11 is 18.7. The van der Waals surface area contributed by atoms with Crippen molar-refractivity contribution < 1.29 is 4.79 Å². The highest BCUT2D eigenvalue weighted by atomic mass is 35.5. The van der Waals surface area contributed by atoms with Crippen LogP contribution in [0.3, 0.4) is 0 Å². The topological polar surface area (TPSA) is 59.0 Å². The van der Waals surface area contributed by atoms with Crippen molar-refractivity contribution in [2.45, 2.75) is 38.1 Å². The fraction of sp³-hybridized carbons (Fsp3) is 0.429. The summed E-state index contributed by atoms with van der Waals surface area (Å²) < 4.78 is 1.68. The van der Waals surface area contributed by atoms with Gasteiger partial charge in [-0.2, -0.15) is 5.10 Å². The molecule has 4 aliphatic carbocycles. The molecule has 0 radical (unpaired) electrons. The standard InChI is InChI=1S/C28H29Cl3N4O/c29-21-3-1-18(2-4-21)26-15-24(34-35(26)25-6-5-22(30)14-23(25)31)28(36)33-8-7-32-27-19-10-16-9-17(12-19)13-20(27)11-16/h1-6,14-17,19-20,27,32H,7-13H2,(H,33,36). The Morgan fingerprint density at radius 3 is 2.19 bits per heavy atom. The van der Waals surface area contributed by atoms with E-state index in [1.807, 2.05) is 24.3 Å². The van der Waals surface area contributed by atoms with E-state index in [1.165, 1.54) is 32.1 Å². The van der Waals surface area contributed by atoms with Crippen molar-refractivity contribution in [2.24, 2.45) is 23.7 Å². The van der Waals surface area contributed by atoms with E-state index in [1.54, 1.807) is 28.9 Å². The molecule has 1 aromatic heterocycles. The number of nitrogens with zero attached hydrogens (tertiary/aromatic N) is 2. The molecule has 7 rings (SSSR count). The summed E-state index contributed by atoms with van der Waals surface area (Å²) in [5.41, 5.74) is 2.60. The zero-order chi connectivity index (χ0) is 24.8. The molecule has 36 heavy (non-hydrogen) atoms. The average molecular weight is 544 g/mol. The molecule has 0 aliphatic heterocycles. The number of carbonyl (C=O) groups is 1. The molecule has 5 nitrogen and oxygen atoms in total. The molecule has 1 heterocycles. The first kappa shape index (κ1) is 24.3. The predicted octanol–water partition coefficient (Wildman–Crippen LogP) is 6.64. The number of hydrogen-bond donors (Lipinski definition) is 2. The Kier molecular flexibility index (Phi) is 6.76. The first-order valence-electron chi connectivity index (χ1n) is 12.8. The SMILES string of the molecule is O=C(NCCNC1C2CC3CC(C2)CC1C3)c1cc(-c2ccc(Cl)cc2)n(-c2ccc(Cl)cc2Cl)n1. The summed E-state index contributed by atoms with van der Waals surface area (Å²) in [6, 6.07) is 15.0. The van der Waals surface area contributed by atoms with Gasteiger partial charge in [0.25, 0.3) is 5.91 Å². The van der Waals surface area contributed by atoms with Gasteiger partial charge in [-0.05, 0) is 92.2 Å². The summed E-state index contributed by atoms with van der Waals surface area (Å²) in [4.78, 5) is 13.1. The molecule has 4 bridgehead atoms. The molecule has 0 unspecified atom stereocenters. The van der Waals surface area contributed by atoms with Gasteiger partial charge in [-0.1, -0.05) is 46.9 Å². The first-order chi connectivity index (χ1) is 17.4. The smallest absolute Gasteiger partial charge is 0.271 e. The third-order valence-corrected chi connectivity index (χ3v) is 9.03. The number of amides is 1. The molecule has 3 aromatic rings. The van der Waals surface area contributed by atoms with E-state index < -0.39 is 0 Å². The fourth-order valence-corrected chi connectivity index (χ4v) is 7.53. The van der Waals surface area contributed by atoms with Crippen LogP contribution in [0.4, 0.5) is 0 Å². The zero-order valence-corrected chi connectivity index (χ0v) is 22.2. The number of aromatic nitrogens is 2. The van der Waals surface area contributed by atoms with Crippen molar-refractivity contribution in [3.8, 4) is 16.9 Å². The third kappa shape index (κ3) is 4.79. The van der Waals surface area contributed by atoms with Crippen LogP contribution < -0.4 is 10.6 Å². The molecule has 188 valence electrons. The van der Waals surface area contributed by atoms with E-state index in [2.05, 4.69) is 15.7 Å². The van der Waals surface area contributed by atoms with E-state index in [0.717, 1.165) is 41.5 Å². The lowest BCUT2D eigenvalue weighted by molar-refractivity contribution is -0.0133. The average Bonchev–Trinajstić information content (AvgIpc) is 3.28. The Balaban J connectivity index is 1.16. The Morgan fingerprint density at radius 2 is 1.53 bits per heavy atom. The van der Waals surface area contributed by atoms with Crippen LogP contribution in [0.1, 0.15) is 42.6 Å². The lowest BCUT2D eigenvalue weighted by Crippen LogP contribution is -2.55. The maximum Gasteiger partial charge on any atom is 0.271 e. The highest BCUT2D eigenvalue weighted by Gasteiger charge is 2.47. The van der Waals surface area contributed by atoms with Crippen molar-refractivity contribution in [3.63, 3.8) is 0 Å². The van der Waals surface area contributed by atoms with Gasteiger partial charge in [0.15, 0.2) is 5.69 Å². The van der Waals surface area contributed by atoms with Gasteiger partial charge < -0.3 is 10.6 Å². The Hall–Kier alpha value is -2.05. The highest BCUT2D eigenvalue weighted by Crippen LogP contribution is 2.53. The zero-order valence-electron chi connectivity index (χ0n) is 19.9. The molecule has 4 aliphatic rings. The Morgan fingerprint density at radius 1 is 0.861 bits per heavy atom. The van der Waals surface area contributed by atoms with Crippen LogP contribution in [0.2, 0.25) is 15.1 Å². The molecule has 1 amide bonds. The van der Waals surface area contributed by atoms with Crippen LogP contribution in [0, 0.1) is 23.7 Å². The van der Waals surface area contributed by atoms with Crippen molar-refractivity contribution in [2.75, 3.05) is 13.1 Å². The minimum Gasteiger partial charge on any atom is -0.349 e. The summed E-state index contributed by atoms with van der Waals surface area (Å²) in [5, 5.41) is 13.1. The molecular weight excluding hydrogens is 515 g/mol. The van der Waals surface area contributed by atoms with Gasteiger partial charge in [0.1, 0.15) is 0 Å². The number of benzene rings is 2. The minimum absolute atomic E-state index is 0.207. The molecular formula is C28H29Cl3N4O. The predicted molar refractivity (Wildman–Crippen MR) is 145 cm³/mol. The van der Waals surface area contributed by atoms with Crippen molar-refractivity contribution in [3.05, 3.63) is 69.3 Å². The Bertz CT molecular complexity index is 1240. The number of halogens is 3. The lowest BCUT2D eigenvalue weighted by Gasteiger charge is -2.54. The van der Waals surface area contributed by atoms with Gasteiger partial charge in [0.2, 0.25) is 0 Å². The maximum absolute atomic E-state index is 13.1. The summed E-state index contributed by atoms with van der Waals surface area (Å²) in [6.07, 6.45) is 7.00. The molecule has 2 N–H and O–H groups in total. The quantitative estimate of drug-likeness (QED) is 0.328. The monoisotopic (exact) mass is 542 g/mol. The third-order valence-electron chi connectivity index (χ3n) is 8.24. The van der Waals surface area contributed by atoms with Crippen molar-refractivity contribution >= 4 is 40.7 Å². The number of rotatable bonds is 7. The summed E-state index contributed by atoms with van der Waals surface area (Å²) in [5.74, 6) is 3.35. The van der Waals surface area contributed by atoms with Crippen molar-refractivity contribution in [1.29, 1.82) is 0 Å². The molecule has 2 aromatic carbocycles. The van der Waals surface area contributed by atoms with Gasteiger partial charge in [-0.15, -0.1) is 0 Å². The maximum atomic E-state index is 13.1. The van der Waals surface area contributed by atoms with Crippen molar-refractivity contribution in [1.82, 2.24) is 20.4 Å². The van der Waals surface area contributed by atoms with Crippen LogP contribution in [-0.2, 0) is 0 Å². The van der Waals surface area contributed by atoms with E-state index in [4.69, 9.17) is 34.8 Å². The second kappa shape index (κ2) is 10.0. The molecule has 4 fully saturated rings. The largest absolute Gasteiger partial charge is 0.349 e. The molecule has 0 saturated heterocycles. The van der Waals surface area contributed by atoms with E-state index in [9.17, 15) is 4.79 Å². The van der Waals surface area contributed by atoms with Gasteiger partial charge in [-0.3, -0.25) is 4.79 Å². The van der Waals surface area contributed by atoms with Gasteiger partial charge in [0, 0.05) is 34.7 Å². The fourth-order valence-electron chi connectivity index (χ4n) is 6.92. The van der Waals surface area contributed by atoms with Crippen LogP contribution in [-0.4, -0.2) is 34.8 Å². The number of carbonyl (C=O) groups excluding carboxylic acids is 1. The molecule has 8 heteroatoms. The normalized spacial score (nSPS) is 26.4. The van der Waals surface area contributed by atoms with E-state index in [-0.39, 0.29) is 5.91 Å². The second-order valence-electron chi connectivity index (χ2n) is 10.6.